The Labute approximate surface area is 172 Å². The molecule has 1 saturated heterocycles. The number of rotatable bonds is 5. The first-order valence-corrected chi connectivity index (χ1v) is 9.26. The Morgan fingerprint density at radius 1 is 1.21 bits per heavy atom. The first-order valence-electron chi connectivity index (χ1n) is 8.88. The number of likely N-dealkylation sites (N-methyl/N-ethyl adjacent to an activating group) is 1. The smallest absolute Gasteiger partial charge is 0.295 e. The maximum Gasteiger partial charge on any atom is 0.295 e. The minimum absolute atomic E-state index is 0.0792. The van der Waals surface area contributed by atoms with Gasteiger partial charge in [0.1, 0.15) is 17.3 Å². The molecule has 6 nitrogen and oxygen atoms in total. The molecule has 2 N–H and O–H groups in total. The fourth-order valence-corrected chi connectivity index (χ4v) is 3.46. The minimum Gasteiger partial charge on any atom is -0.507 e. The van der Waals surface area contributed by atoms with Crippen molar-refractivity contribution in [2.24, 2.45) is 0 Å². The fraction of sp³-hybridized carbons (Fsp3) is 0.238. The second kappa shape index (κ2) is 8.23. The monoisotopic (exact) mass is 418 g/mol. The van der Waals surface area contributed by atoms with Gasteiger partial charge in [-0.15, -0.1) is 0 Å². The third kappa shape index (κ3) is 4.11. The van der Waals surface area contributed by atoms with Crippen LogP contribution in [0.5, 0.6) is 5.75 Å². The van der Waals surface area contributed by atoms with Crippen LogP contribution < -0.4 is 0 Å². The fourth-order valence-electron chi connectivity index (χ4n) is 3.28. The van der Waals surface area contributed by atoms with Gasteiger partial charge in [-0.05, 0) is 50.0 Å². The number of amides is 1. The summed E-state index contributed by atoms with van der Waals surface area (Å²) in [7, 11) is 3.63. The first kappa shape index (κ1) is 20.8. The van der Waals surface area contributed by atoms with Crippen LogP contribution in [0.15, 0.2) is 48.0 Å². The Morgan fingerprint density at radius 2 is 1.93 bits per heavy atom. The predicted molar refractivity (Wildman–Crippen MR) is 107 cm³/mol. The summed E-state index contributed by atoms with van der Waals surface area (Å²) < 4.78 is 13.9. The van der Waals surface area contributed by atoms with Crippen molar-refractivity contribution in [3.05, 3.63) is 70.0 Å². The summed E-state index contributed by atoms with van der Waals surface area (Å²) in [6.07, 6.45) is 0. The number of aliphatic hydroxyl groups is 1. The number of ketones is 1. The van der Waals surface area contributed by atoms with E-state index in [0.717, 1.165) is 0 Å². The summed E-state index contributed by atoms with van der Waals surface area (Å²) in [5, 5.41) is 21.2. The Morgan fingerprint density at radius 3 is 2.59 bits per heavy atom. The molecular weight excluding hydrogens is 399 g/mol. The minimum atomic E-state index is -0.996. The summed E-state index contributed by atoms with van der Waals surface area (Å²) in [5.74, 6) is -3.11. The van der Waals surface area contributed by atoms with Crippen LogP contribution in [0.25, 0.3) is 5.76 Å². The highest BCUT2D eigenvalue weighted by atomic mass is 35.5. The van der Waals surface area contributed by atoms with Crippen LogP contribution in [-0.4, -0.2) is 58.9 Å². The molecule has 1 amide bonds. The van der Waals surface area contributed by atoms with Crippen molar-refractivity contribution in [3.8, 4) is 5.75 Å². The van der Waals surface area contributed by atoms with Gasteiger partial charge in [0.05, 0.1) is 17.2 Å². The number of hydrogen-bond donors (Lipinski definition) is 2. The number of benzene rings is 2. The second-order valence-corrected chi connectivity index (χ2v) is 7.45. The van der Waals surface area contributed by atoms with Crippen molar-refractivity contribution in [2.75, 3.05) is 27.2 Å². The number of aromatic hydroxyl groups is 1. The molecule has 1 aliphatic rings. The second-order valence-electron chi connectivity index (χ2n) is 7.01. The maximum atomic E-state index is 13.9. The molecule has 0 bridgehead atoms. The highest BCUT2D eigenvalue weighted by Crippen LogP contribution is 2.41. The molecule has 1 fully saturated rings. The van der Waals surface area contributed by atoms with E-state index in [0.29, 0.717) is 12.1 Å². The third-order valence-corrected chi connectivity index (χ3v) is 4.94. The molecule has 8 heteroatoms. The molecule has 1 atom stereocenters. The van der Waals surface area contributed by atoms with E-state index in [4.69, 9.17) is 11.6 Å². The summed E-state index contributed by atoms with van der Waals surface area (Å²) in [6, 6.07) is 8.50. The normalized spacial score (nSPS) is 18.7. The number of hydrogen-bond acceptors (Lipinski definition) is 5. The molecule has 2 aromatic carbocycles. The average Bonchev–Trinajstić information content (AvgIpc) is 2.92. The van der Waals surface area contributed by atoms with Gasteiger partial charge in [-0.2, -0.15) is 0 Å². The lowest BCUT2D eigenvalue weighted by molar-refractivity contribution is -0.140. The van der Waals surface area contributed by atoms with Crippen LogP contribution in [0.2, 0.25) is 5.02 Å². The van der Waals surface area contributed by atoms with Crippen LogP contribution in [0, 0.1) is 5.82 Å². The number of likely N-dealkylation sites (tertiary alicyclic amines) is 1. The lowest BCUT2D eigenvalue weighted by Gasteiger charge is -2.26. The number of aliphatic hydroxyl groups excluding tert-OH is 1. The Bertz CT molecular complexity index is 1010. The zero-order chi connectivity index (χ0) is 21.3. The number of carbonyl (C=O) groups excluding carboxylic acids is 2. The molecule has 2 aromatic rings. The molecule has 0 unspecified atom stereocenters. The van der Waals surface area contributed by atoms with Crippen LogP contribution in [-0.2, 0) is 9.59 Å². The van der Waals surface area contributed by atoms with E-state index in [9.17, 15) is 24.2 Å². The lowest BCUT2D eigenvalue weighted by Crippen LogP contribution is -2.35. The largest absolute Gasteiger partial charge is 0.507 e. The average molecular weight is 419 g/mol. The number of phenols is 1. The summed E-state index contributed by atoms with van der Waals surface area (Å²) >= 11 is 5.96. The van der Waals surface area contributed by atoms with Gasteiger partial charge in [0.2, 0.25) is 0 Å². The molecule has 3 rings (SSSR count). The third-order valence-electron chi connectivity index (χ3n) is 4.71. The summed E-state index contributed by atoms with van der Waals surface area (Å²) in [6.45, 7) is 0.651. The van der Waals surface area contributed by atoms with Crippen molar-refractivity contribution in [1.29, 1.82) is 0 Å². The van der Waals surface area contributed by atoms with Crippen molar-refractivity contribution in [3.63, 3.8) is 0 Å². The standard InChI is InChI=1S/C21H20ClFN2O4/c1-24(2)8-9-25-18(12-4-3-5-14(23)10-12)17(20(28)21(25)29)19(27)15-11-13(22)6-7-16(15)26/h3-7,10-11,18,26-27H,8-9H2,1-2H3/t18-/m0/s1. The Hall–Kier alpha value is -2.90. The van der Waals surface area contributed by atoms with Gasteiger partial charge in [-0.25, -0.2) is 4.39 Å². The van der Waals surface area contributed by atoms with E-state index in [-0.39, 0.29) is 28.5 Å². The molecule has 1 aliphatic heterocycles. The predicted octanol–water partition coefficient (Wildman–Crippen LogP) is 3.17. The van der Waals surface area contributed by atoms with E-state index in [2.05, 4.69) is 0 Å². The molecule has 0 saturated carbocycles. The molecule has 0 aliphatic carbocycles. The van der Waals surface area contributed by atoms with Crippen LogP contribution in [0.4, 0.5) is 4.39 Å². The van der Waals surface area contributed by atoms with E-state index in [1.807, 2.05) is 19.0 Å². The van der Waals surface area contributed by atoms with Crippen LogP contribution >= 0.6 is 11.6 Å². The van der Waals surface area contributed by atoms with Gasteiger partial charge in [-0.3, -0.25) is 9.59 Å². The van der Waals surface area contributed by atoms with Crippen molar-refractivity contribution in [1.82, 2.24) is 9.80 Å². The van der Waals surface area contributed by atoms with E-state index in [1.54, 1.807) is 6.07 Å². The number of nitrogens with zero attached hydrogens (tertiary/aromatic N) is 2. The molecule has 152 valence electrons. The zero-order valence-corrected chi connectivity index (χ0v) is 16.7. The van der Waals surface area contributed by atoms with Gasteiger partial charge in [-0.1, -0.05) is 23.7 Å². The van der Waals surface area contributed by atoms with Crippen molar-refractivity contribution < 1.29 is 24.2 Å². The SMILES string of the molecule is CN(C)CCN1C(=O)C(=O)C(=C(O)c2cc(Cl)ccc2O)[C@@H]1c1cccc(F)c1. The quantitative estimate of drug-likeness (QED) is 0.443. The molecule has 0 radical (unpaired) electrons. The maximum absolute atomic E-state index is 13.9. The van der Waals surface area contributed by atoms with Gasteiger partial charge in [0.25, 0.3) is 11.7 Å². The van der Waals surface area contributed by atoms with Gasteiger partial charge in [0, 0.05) is 18.1 Å². The molecule has 1 heterocycles. The number of Topliss-reactive ketones (excluding diaryl/α,β-unsaturated/α-hetero) is 1. The first-order chi connectivity index (χ1) is 13.7. The van der Waals surface area contributed by atoms with Crippen LogP contribution in [0.1, 0.15) is 17.2 Å². The zero-order valence-electron chi connectivity index (χ0n) is 15.9. The topological polar surface area (TPSA) is 81.1 Å². The van der Waals surface area contributed by atoms with Crippen LogP contribution in [0.3, 0.4) is 0 Å². The number of phenolic OH excluding ortho intramolecular Hbond substituents is 1. The Balaban J connectivity index is 2.20. The highest BCUT2D eigenvalue weighted by Gasteiger charge is 2.46. The number of carbonyl (C=O) groups is 2. The highest BCUT2D eigenvalue weighted by molar-refractivity contribution is 6.46. The van der Waals surface area contributed by atoms with Gasteiger partial charge in [0.15, 0.2) is 0 Å². The Kier molecular flexibility index (Phi) is 5.91. The van der Waals surface area contributed by atoms with Crippen molar-refractivity contribution in [2.45, 2.75) is 6.04 Å². The lowest BCUT2D eigenvalue weighted by atomic mass is 9.95. The van der Waals surface area contributed by atoms with Gasteiger partial charge >= 0.3 is 0 Å². The van der Waals surface area contributed by atoms with Gasteiger partial charge < -0.3 is 20.0 Å². The molecule has 0 aromatic heterocycles. The number of halogens is 2. The van der Waals surface area contributed by atoms with E-state index < -0.39 is 29.3 Å². The molecule has 0 spiro atoms. The summed E-state index contributed by atoms with van der Waals surface area (Å²) in [4.78, 5) is 28.7. The summed E-state index contributed by atoms with van der Waals surface area (Å²) in [5.41, 5.74) is 0.0347. The molecular formula is C21H20ClFN2O4. The van der Waals surface area contributed by atoms with E-state index >= 15 is 0 Å². The van der Waals surface area contributed by atoms with E-state index in [1.165, 1.54) is 41.3 Å². The van der Waals surface area contributed by atoms with Crippen molar-refractivity contribution >= 4 is 29.1 Å². The molecule has 29 heavy (non-hydrogen) atoms.